The minimum Gasteiger partial charge on any atom is -0.489 e. The number of halogens is 1. The van der Waals surface area contributed by atoms with E-state index in [4.69, 9.17) is 4.74 Å². The Morgan fingerprint density at radius 2 is 1.80 bits per heavy atom. The molecule has 1 aliphatic carbocycles. The first kappa shape index (κ1) is 29.0. The van der Waals surface area contributed by atoms with Crippen LogP contribution < -0.4 is 15.4 Å². The van der Waals surface area contributed by atoms with Crippen molar-refractivity contribution in [1.29, 1.82) is 0 Å². The average Bonchev–Trinajstić information content (AvgIpc) is 3.49. The number of carbonyl (C=O) groups excluding carboxylic acids is 3. The summed E-state index contributed by atoms with van der Waals surface area (Å²) >= 11 is 0. The third-order valence-electron chi connectivity index (χ3n) is 8.58. The number of nitrogens with zero attached hydrogens (tertiary/aromatic N) is 2. The molecule has 0 radical (unpaired) electrons. The largest absolute Gasteiger partial charge is 0.489 e. The Morgan fingerprint density at radius 1 is 1.00 bits per heavy atom. The molecule has 0 bridgehead atoms. The third kappa shape index (κ3) is 6.89. The van der Waals surface area contributed by atoms with Gasteiger partial charge < -0.3 is 25.2 Å². The van der Waals surface area contributed by atoms with Crippen LogP contribution in [0.25, 0.3) is 0 Å². The summed E-state index contributed by atoms with van der Waals surface area (Å²) in [7, 11) is 0. The third-order valence-corrected chi connectivity index (χ3v) is 8.58. The van der Waals surface area contributed by atoms with E-state index in [2.05, 4.69) is 16.7 Å². The van der Waals surface area contributed by atoms with Crippen LogP contribution >= 0.6 is 0 Å². The molecule has 2 atom stereocenters. The van der Waals surface area contributed by atoms with Gasteiger partial charge in [0, 0.05) is 56.0 Å². The molecule has 2 heterocycles. The van der Waals surface area contributed by atoms with Gasteiger partial charge in [-0.15, -0.1) is 0 Å². The van der Waals surface area contributed by atoms with E-state index < -0.39 is 5.82 Å². The average molecular weight is 565 g/mol. The molecule has 9 heteroatoms. The van der Waals surface area contributed by atoms with Gasteiger partial charge in [-0.3, -0.25) is 14.4 Å². The molecule has 8 nitrogen and oxygen atoms in total. The van der Waals surface area contributed by atoms with Crippen LogP contribution in [-0.2, 0) is 4.79 Å². The second-order valence-electron chi connectivity index (χ2n) is 11.5. The van der Waals surface area contributed by atoms with Gasteiger partial charge >= 0.3 is 0 Å². The number of benzene rings is 2. The van der Waals surface area contributed by atoms with Crippen LogP contribution in [0.15, 0.2) is 36.4 Å². The number of hydrogen-bond acceptors (Lipinski definition) is 5. The Hall–Kier alpha value is -3.46. The number of hydrogen-bond donors (Lipinski definition) is 2. The maximum absolute atomic E-state index is 14.2. The van der Waals surface area contributed by atoms with E-state index in [-0.39, 0.29) is 41.1 Å². The zero-order chi connectivity index (χ0) is 28.9. The van der Waals surface area contributed by atoms with Crippen molar-refractivity contribution >= 4 is 23.4 Å². The lowest BCUT2D eigenvalue weighted by Gasteiger charge is -2.41. The molecule has 0 spiro atoms. The Labute approximate surface area is 241 Å². The standard InChI is InChI=1S/C32H41FN4O4/c1-3-27-20-36(31(39)24-15-25(33)18-26(16-24)35-21(2)38)13-14-37(27)32(40)23-9-10-30(41-28-11-12-34-19-28)29(17-23)22-7-5-4-6-8-22/h9-10,15-18,22,27-28,34H,3-8,11-14,19-20H2,1-2H3,(H,35,38)/t27-,28-/m0/s1. The summed E-state index contributed by atoms with van der Waals surface area (Å²) in [5.41, 5.74) is 2.22. The zero-order valence-electron chi connectivity index (χ0n) is 24.1. The first-order chi connectivity index (χ1) is 19.8. The highest BCUT2D eigenvalue weighted by atomic mass is 19.1. The van der Waals surface area contributed by atoms with Gasteiger partial charge in [0.05, 0.1) is 0 Å². The van der Waals surface area contributed by atoms with Gasteiger partial charge in [0.1, 0.15) is 17.7 Å². The van der Waals surface area contributed by atoms with E-state index in [0.717, 1.165) is 43.7 Å². The van der Waals surface area contributed by atoms with E-state index in [9.17, 15) is 18.8 Å². The second-order valence-corrected chi connectivity index (χ2v) is 11.5. The van der Waals surface area contributed by atoms with E-state index in [0.29, 0.717) is 37.5 Å². The number of piperazine rings is 1. The lowest BCUT2D eigenvalue weighted by Crippen LogP contribution is -2.56. The van der Waals surface area contributed by atoms with E-state index >= 15 is 0 Å². The first-order valence-corrected chi connectivity index (χ1v) is 15.0. The number of ether oxygens (including phenoxy) is 1. The van der Waals surface area contributed by atoms with Crippen molar-refractivity contribution in [2.45, 2.75) is 76.9 Å². The van der Waals surface area contributed by atoms with Gasteiger partial charge in [-0.1, -0.05) is 26.2 Å². The summed E-state index contributed by atoms with van der Waals surface area (Å²) in [5, 5.41) is 5.90. The van der Waals surface area contributed by atoms with Crippen molar-refractivity contribution in [2.24, 2.45) is 0 Å². The molecule has 41 heavy (non-hydrogen) atoms. The Bertz CT molecular complexity index is 1270. The van der Waals surface area contributed by atoms with Crippen LogP contribution in [0.5, 0.6) is 5.75 Å². The molecular weight excluding hydrogens is 523 g/mol. The summed E-state index contributed by atoms with van der Waals surface area (Å²) in [6.45, 7) is 6.24. The van der Waals surface area contributed by atoms with Gasteiger partial charge in [0.25, 0.3) is 11.8 Å². The highest BCUT2D eigenvalue weighted by Gasteiger charge is 2.33. The van der Waals surface area contributed by atoms with Crippen LogP contribution in [0.1, 0.15) is 91.0 Å². The summed E-state index contributed by atoms with van der Waals surface area (Å²) in [4.78, 5) is 42.2. The number of carbonyl (C=O) groups is 3. The number of amides is 3. The summed E-state index contributed by atoms with van der Waals surface area (Å²) in [5.74, 6) is 0.0158. The number of anilines is 1. The Balaban J connectivity index is 1.32. The molecule has 3 fully saturated rings. The van der Waals surface area contributed by atoms with Crippen molar-refractivity contribution in [2.75, 3.05) is 38.0 Å². The fourth-order valence-electron chi connectivity index (χ4n) is 6.42. The predicted octanol–water partition coefficient (Wildman–Crippen LogP) is 4.95. The predicted molar refractivity (Wildman–Crippen MR) is 156 cm³/mol. The van der Waals surface area contributed by atoms with Crippen LogP contribution in [0, 0.1) is 5.82 Å². The normalized spacial score (nSPS) is 21.5. The summed E-state index contributed by atoms with van der Waals surface area (Å²) in [6, 6.07) is 9.61. The topological polar surface area (TPSA) is 91.0 Å². The van der Waals surface area contributed by atoms with Crippen molar-refractivity contribution in [3.05, 3.63) is 58.9 Å². The van der Waals surface area contributed by atoms with E-state index in [1.807, 2.05) is 24.0 Å². The summed E-state index contributed by atoms with van der Waals surface area (Å²) < 4.78 is 20.6. The lowest BCUT2D eigenvalue weighted by atomic mass is 9.83. The molecule has 0 unspecified atom stereocenters. The number of nitrogens with one attached hydrogen (secondary N) is 2. The number of rotatable bonds is 7. The van der Waals surface area contributed by atoms with E-state index in [1.54, 1.807) is 4.90 Å². The quantitative estimate of drug-likeness (QED) is 0.497. The molecule has 3 aliphatic rings. The molecule has 5 rings (SSSR count). The van der Waals surface area contributed by atoms with Crippen LogP contribution in [0.3, 0.4) is 0 Å². The van der Waals surface area contributed by atoms with Crippen LogP contribution in [0.4, 0.5) is 10.1 Å². The zero-order valence-corrected chi connectivity index (χ0v) is 24.1. The molecule has 2 saturated heterocycles. The summed E-state index contributed by atoms with van der Waals surface area (Å²) in [6.07, 6.45) is 7.68. The second kappa shape index (κ2) is 13.0. The monoisotopic (exact) mass is 564 g/mol. The van der Waals surface area contributed by atoms with Crippen molar-refractivity contribution < 1.29 is 23.5 Å². The molecule has 3 amide bonds. The molecule has 2 aromatic carbocycles. The molecule has 220 valence electrons. The Kier molecular flexibility index (Phi) is 9.22. The maximum Gasteiger partial charge on any atom is 0.254 e. The van der Waals surface area contributed by atoms with Crippen molar-refractivity contribution in [3.63, 3.8) is 0 Å². The molecule has 0 aromatic heterocycles. The highest BCUT2D eigenvalue weighted by Crippen LogP contribution is 2.39. The van der Waals surface area contributed by atoms with Crippen molar-refractivity contribution in [3.8, 4) is 5.75 Å². The van der Waals surface area contributed by atoms with Gasteiger partial charge in [-0.25, -0.2) is 4.39 Å². The SMILES string of the molecule is CC[C@H]1CN(C(=O)c2cc(F)cc(NC(C)=O)c2)CCN1C(=O)c1ccc(O[C@H]2CCNC2)c(C2CCCCC2)c1. The Morgan fingerprint density at radius 3 is 2.51 bits per heavy atom. The minimum absolute atomic E-state index is 0.0335. The molecular formula is C32H41FN4O4. The lowest BCUT2D eigenvalue weighted by molar-refractivity contribution is -0.114. The van der Waals surface area contributed by atoms with Gasteiger partial charge in [0.2, 0.25) is 5.91 Å². The van der Waals surface area contributed by atoms with Gasteiger partial charge in [-0.05, 0) is 80.1 Å². The molecule has 1 saturated carbocycles. The fourth-order valence-corrected chi connectivity index (χ4v) is 6.42. The first-order valence-electron chi connectivity index (χ1n) is 15.0. The molecule has 2 aromatic rings. The molecule has 2 N–H and O–H groups in total. The molecule has 2 aliphatic heterocycles. The van der Waals surface area contributed by atoms with Gasteiger partial charge in [0.15, 0.2) is 0 Å². The highest BCUT2D eigenvalue weighted by molar-refractivity contribution is 5.98. The minimum atomic E-state index is -0.592. The van der Waals surface area contributed by atoms with Crippen molar-refractivity contribution in [1.82, 2.24) is 15.1 Å². The fraction of sp³-hybridized carbons (Fsp3) is 0.531. The van der Waals surface area contributed by atoms with Gasteiger partial charge in [-0.2, -0.15) is 0 Å². The van der Waals surface area contributed by atoms with Crippen LogP contribution in [0.2, 0.25) is 0 Å². The van der Waals surface area contributed by atoms with E-state index in [1.165, 1.54) is 44.4 Å². The van der Waals surface area contributed by atoms with Crippen LogP contribution in [-0.4, -0.2) is 72.4 Å². The maximum atomic E-state index is 14.2. The smallest absolute Gasteiger partial charge is 0.254 e.